The van der Waals surface area contributed by atoms with Crippen molar-refractivity contribution in [2.45, 2.75) is 13.8 Å². The fourth-order valence-corrected chi connectivity index (χ4v) is 4.00. The highest BCUT2D eigenvalue weighted by Crippen LogP contribution is 2.41. The number of halogens is 1. The van der Waals surface area contributed by atoms with Gasteiger partial charge in [-0.15, -0.1) is 0 Å². The molecule has 0 aliphatic carbocycles. The zero-order chi connectivity index (χ0) is 23.5. The van der Waals surface area contributed by atoms with Crippen molar-refractivity contribution in [3.8, 4) is 22.6 Å². The van der Waals surface area contributed by atoms with Crippen molar-refractivity contribution in [1.82, 2.24) is 0 Å². The molecule has 5 nitrogen and oxygen atoms in total. The Labute approximate surface area is 197 Å². The molecule has 168 valence electrons. The number of anilines is 1. The molecule has 1 N–H and O–H groups in total. The maximum Gasteiger partial charge on any atom is 0.248 e. The molecule has 0 aliphatic heterocycles. The van der Waals surface area contributed by atoms with E-state index in [4.69, 9.17) is 25.5 Å². The first kappa shape index (κ1) is 22.5. The van der Waals surface area contributed by atoms with E-state index >= 15 is 0 Å². The average molecular weight is 462 g/mol. The van der Waals surface area contributed by atoms with Crippen molar-refractivity contribution < 1.29 is 18.7 Å². The van der Waals surface area contributed by atoms with Crippen molar-refractivity contribution in [3.05, 3.63) is 83.1 Å². The van der Waals surface area contributed by atoms with Crippen LogP contribution in [0.1, 0.15) is 18.1 Å². The quantitative estimate of drug-likeness (QED) is 0.310. The molecule has 0 bridgehead atoms. The van der Waals surface area contributed by atoms with E-state index in [1.54, 1.807) is 50.8 Å². The zero-order valence-electron chi connectivity index (χ0n) is 18.9. The lowest BCUT2D eigenvalue weighted by Gasteiger charge is -2.13. The van der Waals surface area contributed by atoms with Gasteiger partial charge < -0.3 is 19.2 Å². The van der Waals surface area contributed by atoms with Gasteiger partial charge in [-0.3, -0.25) is 4.79 Å². The minimum Gasteiger partial charge on any atom is -0.497 e. The highest BCUT2D eigenvalue weighted by atomic mass is 35.5. The summed E-state index contributed by atoms with van der Waals surface area (Å²) in [5, 5.41) is 4.40. The summed E-state index contributed by atoms with van der Waals surface area (Å²) in [5.41, 5.74) is 5.78. The predicted molar refractivity (Wildman–Crippen MR) is 133 cm³/mol. The Morgan fingerprint density at radius 2 is 1.82 bits per heavy atom. The van der Waals surface area contributed by atoms with Gasteiger partial charge in [-0.25, -0.2) is 0 Å². The van der Waals surface area contributed by atoms with Gasteiger partial charge in [-0.2, -0.15) is 0 Å². The Hall–Kier alpha value is -3.70. The lowest BCUT2D eigenvalue weighted by atomic mass is 9.96. The minimum atomic E-state index is -0.241. The van der Waals surface area contributed by atoms with Crippen LogP contribution in [0.25, 0.3) is 27.7 Å². The van der Waals surface area contributed by atoms with Crippen LogP contribution in [-0.4, -0.2) is 20.1 Å². The van der Waals surface area contributed by atoms with E-state index in [1.807, 2.05) is 44.2 Å². The zero-order valence-corrected chi connectivity index (χ0v) is 19.6. The maximum atomic E-state index is 12.6. The fourth-order valence-electron chi connectivity index (χ4n) is 3.87. The number of carbonyl (C=O) groups is 1. The number of allylic oxidation sites excluding steroid dienone is 1. The third-order valence-electron chi connectivity index (χ3n) is 5.51. The number of methoxy groups -OCH3 is 2. The summed E-state index contributed by atoms with van der Waals surface area (Å²) in [7, 11) is 3.26. The second-order valence-corrected chi connectivity index (χ2v) is 8.10. The topological polar surface area (TPSA) is 60.7 Å². The number of amides is 1. The Bertz CT molecular complexity index is 1350. The van der Waals surface area contributed by atoms with Crippen LogP contribution in [0, 0.1) is 6.92 Å². The smallest absolute Gasteiger partial charge is 0.248 e. The van der Waals surface area contributed by atoms with E-state index in [0.29, 0.717) is 16.5 Å². The largest absolute Gasteiger partial charge is 0.497 e. The van der Waals surface area contributed by atoms with Gasteiger partial charge in [0.25, 0.3) is 0 Å². The molecular formula is C27H24ClNO4. The normalized spacial score (nSPS) is 11.5. The van der Waals surface area contributed by atoms with Crippen molar-refractivity contribution in [2.24, 2.45) is 0 Å². The minimum absolute atomic E-state index is 0.241. The lowest BCUT2D eigenvalue weighted by Crippen LogP contribution is -2.08. The lowest BCUT2D eigenvalue weighted by molar-refractivity contribution is -0.111. The van der Waals surface area contributed by atoms with Crippen LogP contribution >= 0.6 is 11.6 Å². The van der Waals surface area contributed by atoms with Crippen LogP contribution in [-0.2, 0) is 4.79 Å². The van der Waals surface area contributed by atoms with Crippen LogP contribution in [0.2, 0.25) is 5.02 Å². The molecule has 0 saturated carbocycles. The Kier molecular flexibility index (Phi) is 6.43. The fraction of sp³-hybridized carbons (Fsp3) is 0.148. The molecule has 0 fully saturated rings. The van der Waals surface area contributed by atoms with Crippen LogP contribution < -0.4 is 14.8 Å². The number of ether oxygens (including phenoxy) is 2. The first-order valence-electron chi connectivity index (χ1n) is 10.4. The van der Waals surface area contributed by atoms with Crippen molar-refractivity contribution in [3.63, 3.8) is 0 Å². The average Bonchev–Trinajstić information content (AvgIpc) is 3.25. The molecule has 1 heterocycles. The Balaban J connectivity index is 1.76. The molecule has 6 heteroatoms. The predicted octanol–water partition coefficient (Wildman–Crippen LogP) is 7.12. The number of carbonyl (C=O) groups excluding carboxylic acids is 1. The van der Waals surface area contributed by atoms with E-state index in [-0.39, 0.29) is 5.91 Å². The molecule has 4 aromatic rings. The van der Waals surface area contributed by atoms with Gasteiger partial charge in [0.05, 0.1) is 20.5 Å². The molecule has 4 rings (SSSR count). The summed E-state index contributed by atoms with van der Waals surface area (Å²) in [6, 6.07) is 16.8. The molecule has 1 amide bonds. The summed E-state index contributed by atoms with van der Waals surface area (Å²) in [6.07, 6.45) is 3.30. The molecule has 3 aromatic carbocycles. The maximum absolute atomic E-state index is 12.6. The van der Waals surface area contributed by atoms with Crippen molar-refractivity contribution >= 4 is 39.7 Å². The molecule has 33 heavy (non-hydrogen) atoms. The first-order chi connectivity index (χ1) is 15.9. The summed E-state index contributed by atoms with van der Waals surface area (Å²) >= 11 is 5.92. The van der Waals surface area contributed by atoms with Crippen molar-refractivity contribution in [2.75, 3.05) is 19.5 Å². The molecule has 1 aromatic heterocycles. The van der Waals surface area contributed by atoms with Gasteiger partial charge in [0.1, 0.15) is 17.1 Å². The van der Waals surface area contributed by atoms with E-state index < -0.39 is 0 Å². The number of aryl methyl sites for hydroxylation is 1. The third kappa shape index (κ3) is 4.59. The van der Waals surface area contributed by atoms with Gasteiger partial charge in [0.2, 0.25) is 5.91 Å². The van der Waals surface area contributed by atoms with Gasteiger partial charge >= 0.3 is 0 Å². The number of rotatable bonds is 6. The molecule has 0 aliphatic rings. The van der Waals surface area contributed by atoms with Gasteiger partial charge in [0.15, 0.2) is 0 Å². The monoisotopic (exact) mass is 461 g/mol. The SMILES string of the molecule is COc1cccc(-c2coc3c(C)c(OC)c(/C(C)=C/C(=O)Nc4ccc(Cl)cc4)cc23)c1. The summed E-state index contributed by atoms with van der Waals surface area (Å²) in [4.78, 5) is 12.6. The second kappa shape index (κ2) is 9.43. The molecule has 0 unspecified atom stereocenters. The van der Waals surface area contributed by atoms with Crippen LogP contribution in [0.15, 0.2) is 71.4 Å². The number of furan rings is 1. The highest BCUT2D eigenvalue weighted by Gasteiger charge is 2.19. The molecule has 0 radical (unpaired) electrons. The third-order valence-corrected chi connectivity index (χ3v) is 5.76. The molecular weight excluding hydrogens is 438 g/mol. The van der Waals surface area contributed by atoms with Gasteiger partial charge in [-0.05, 0) is 67.4 Å². The van der Waals surface area contributed by atoms with E-state index in [0.717, 1.165) is 44.5 Å². The van der Waals surface area contributed by atoms with Crippen LogP contribution in [0.4, 0.5) is 5.69 Å². The Morgan fingerprint density at radius 1 is 1.06 bits per heavy atom. The van der Waals surface area contributed by atoms with Gasteiger partial charge in [-0.1, -0.05) is 23.7 Å². The molecule has 0 saturated heterocycles. The van der Waals surface area contributed by atoms with Crippen LogP contribution in [0.5, 0.6) is 11.5 Å². The number of hydrogen-bond acceptors (Lipinski definition) is 4. The summed E-state index contributed by atoms with van der Waals surface area (Å²) < 4.78 is 17.0. The van der Waals surface area contributed by atoms with Crippen molar-refractivity contribution in [1.29, 1.82) is 0 Å². The molecule has 0 spiro atoms. The standard InChI is InChI=1S/C27H24ClNO4/c1-16(12-25(30)29-20-10-8-19(28)9-11-20)22-14-23-24(18-6-5-7-21(13-18)31-3)15-33-27(23)17(2)26(22)32-4/h5-15H,1-4H3,(H,29,30)/b16-12+. The van der Waals surface area contributed by atoms with E-state index in [2.05, 4.69) is 5.32 Å². The summed E-state index contributed by atoms with van der Waals surface area (Å²) in [5.74, 6) is 1.19. The first-order valence-corrected chi connectivity index (χ1v) is 10.8. The summed E-state index contributed by atoms with van der Waals surface area (Å²) in [6.45, 7) is 3.83. The Morgan fingerprint density at radius 3 is 2.52 bits per heavy atom. The van der Waals surface area contributed by atoms with E-state index in [1.165, 1.54) is 0 Å². The molecule has 0 atom stereocenters. The number of nitrogens with one attached hydrogen (secondary N) is 1. The number of benzene rings is 3. The van der Waals surface area contributed by atoms with Crippen LogP contribution in [0.3, 0.4) is 0 Å². The van der Waals surface area contributed by atoms with Gasteiger partial charge in [0, 0.05) is 38.9 Å². The second-order valence-electron chi connectivity index (χ2n) is 7.66. The van der Waals surface area contributed by atoms with E-state index in [9.17, 15) is 4.79 Å². The number of fused-ring (bicyclic) bond motifs is 1. The number of hydrogen-bond donors (Lipinski definition) is 1. The highest BCUT2D eigenvalue weighted by molar-refractivity contribution is 6.30.